The Balaban J connectivity index is 2.23. The van der Waals surface area contributed by atoms with Crippen molar-refractivity contribution in [3.05, 3.63) is 29.3 Å². The van der Waals surface area contributed by atoms with Gasteiger partial charge >= 0.3 is 0 Å². The van der Waals surface area contributed by atoms with Crippen LogP contribution in [0.1, 0.15) is 49.0 Å². The number of carbonyl (C=O) groups is 1. The van der Waals surface area contributed by atoms with Crippen LogP contribution in [0.25, 0.3) is 0 Å². The van der Waals surface area contributed by atoms with Gasteiger partial charge in [0.1, 0.15) is 0 Å². The third kappa shape index (κ3) is 2.58. The number of hydrogen-bond donors (Lipinski definition) is 1. The van der Waals surface area contributed by atoms with Gasteiger partial charge in [-0.3, -0.25) is 4.79 Å². The van der Waals surface area contributed by atoms with E-state index in [0.29, 0.717) is 17.6 Å². The average molecular weight is 245 g/mol. The van der Waals surface area contributed by atoms with Crippen LogP contribution in [0, 0.1) is 24.7 Å². The highest BCUT2D eigenvalue weighted by Gasteiger charge is 2.30. The van der Waals surface area contributed by atoms with Gasteiger partial charge in [0.2, 0.25) is 0 Å². The summed E-state index contributed by atoms with van der Waals surface area (Å²) in [6.45, 7) is 6.45. The Hall–Kier alpha value is -1.31. The first kappa shape index (κ1) is 13.1. The van der Waals surface area contributed by atoms with Gasteiger partial charge in [-0.25, -0.2) is 0 Å². The van der Waals surface area contributed by atoms with E-state index in [1.54, 1.807) is 0 Å². The van der Waals surface area contributed by atoms with E-state index in [1.165, 1.54) is 6.42 Å². The number of hydrogen-bond acceptors (Lipinski definition) is 2. The fourth-order valence-corrected chi connectivity index (χ4v) is 3.30. The molecule has 0 saturated heterocycles. The molecule has 0 aliphatic heterocycles. The summed E-state index contributed by atoms with van der Waals surface area (Å²) in [5.74, 6) is 1.79. The molecule has 0 aromatic heterocycles. The minimum absolute atomic E-state index is 0.184. The summed E-state index contributed by atoms with van der Waals surface area (Å²) < 4.78 is 0. The van der Waals surface area contributed by atoms with E-state index in [2.05, 4.69) is 13.8 Å². The molecule has 0 heterocycles. The molecular weight excluding hydrogens is 222 g/mol. The fraction of sp³-hybridized carbons (Fsp3) is 0.562. The lowest BCUT2D eigenvalue weighted by molar-refractivity contribution is 0.0835. The van der Waals surface area contributed by atoms with Crippen molar-refractivity contribution in [3.63, 3.8) is 0 Å². The molecular formula is C16H23NO. The third-order valence-corrected chi connectivity index (χ3v) is 4.19. The van der Waals surface area contributed by atoms with Crippen LogP contribution in [0.15, 0.2) is 18.2 Å². The van der Waals surface area contributed by atoms with Crippen molar-refractivity contribution < 1.29 is 4.79 Å². The van der Waals surface area contributed by atoms with E-state index in [9.17, 15) is 4.79 Å². The van der Waals surface area contributed by atoms with Gasteiger partial charge in [-0.15, -0.1) is 0 Å². The molecule has 1 aliphatic carbocycles. The van der Waals surface area contributed by atoms with E-state index in [0.717, 1.165) is 29.7 Å². The van der Waals surface area contributed by atoms with Crippen molar-refractivity contribution in [1.82, 2.24) is 0 Å². The molecule has 1 aromatic carbocycles. The fourth-order valence-electron chi connectivity index (χ4n) is 3.30. The zero-order chi connectivity index (χ0) is 13.3. The second kappa shape index (κ2) is 5.13. The molecule has 0 radical (unpaired) electrons. The molecule has 0 spiro atoms. The number of benzene rings is 1. The van der Waals surface area contributed by atoms with Crippen molar-refractivity contribution in [2.24, 2.45) is 17.8 Å². The van der Waals surface area contributed by atoms with Crippen LogP contribution in [-0.2, 0) is 0 Å². The number of nitrogen functional groups attached to an aromatic ring is 1. The third-order valence-electron chi connectivity index (χ3n) is 4.19. The van der Waals surface area contributed by atoms with Crippen LogP contribution in [0.4, 0.5) is 5.69 Å². The summed E-state index contributed by atoms with van der Waals surface area (Å²) >= 11 is 0. The monoisotopic (exact) mass is 245 g/mol. The highest BCUT2D eigenvalue weighted by molar-refractivity contribution is 6.00. The quantitative estimate of drug-likeness (QED) is 0.635. The Morgan fingerprint density at radius 1 is 1.17 bits per heavy atom. The second-order valence-corrected chi connectivity index (χ2v) is 6.00. The molecule has 98 valence electrons. The first-order valence-corrected chi connectivity index (χ1v) is 6.88. The maximum Gasteiger partial charge on any atom is 0.166 e. The highest BCUT2D eigenvalue weighted by Crippen LogP contribution is 2.35. The molecule has 2 nitrogen and oxygen atoms in total. The van der Waals surface area contributed by atoms with Crippen LogP contribution < -0.4 is 5.73 Å². The molecule has 0 amide bonds. The lowest BCUT2D eigenvalue weighted by Crippen LogP contribution is -2.26. The van der Waals surface area contributed by atoms with Crippen LogP contribution >= 0.6 is 0 Å². The van der Waals surface area contributed by atoms with E-state index >= 15 is 0 Å². The minimum Gasteiger partial charge on any atom is -0.398 e. The topological polar surface area (TPSA) is 43.1 Å². The lowest BCUT2D eigenvalue weighted by Gasteiger charge is -2.30. The molecule has 2 rings (SSSR count). The van der Waals surface area contributed by atoms with Crippen molar-refractivity contribution in [3.8, 4) is 0 Å². The Kier molecular flexibility index (Phi) is 3.74. The van der Waals surface area contributed by atoms with Gasteiger partial charge in [0.05, 0.1) is 0 Å². The van der Waals surface area contributed by atoms with Crippen LogP contribution in [0.3, 0.4) is 0 Å². The van der Waals surface area contributed by atoms with E-state index in [4.69, 9.17) is 5.73 Å². The van der Waals surface area contributed by atoms with E-state index < -0.39 is 0 Å². The Labute approximate surface area is 110 Å². The number of ketones is 1. The molecule has 2 atom stereocenters. The molecule has 2 heteroatoms. The Morgan fingerprint density at radius 2 is 1.78 bits per heavy atom. The molecule has 0 bridgehead atoms. The predicted octanol–water partition coefficient (Wildman–Crippen LogP) is 3.83. The zero-order valence-corrected chi connectivity index (χ0v) is 11.6. The molecule has 1 aromatic rings. The average Bonchev–Trinajstić information content (AvgIpc) is 2.30. The summed E-state index contributed by atoms with van der Waals surface area (Å²) in [5.41, 5.74) is 8.37. The predicted molar refractivity (Wildman–Crippen MR) is 75.6 cm³/mol. The van der Waals surface area contributed by atoms with Gasteiger partial charge in [0.15, 0.2) is 5.78 Å². The smallest absolute Gasteiger partial charge is 0.166 e. The molecule has 1 aliphatic rings. The molecule has 2 N–H and O–H groups in total. The van der Waals surface area contributed by atoms with Gasteiger partial charge in [0, 0.05) is 17.2 Å². The van der Waals surface area contributed by atoms with Crippen molar-refractivity contribution >= 4 is 11.5 Å². The lowest BCUT2D eigenvalue weighted by atomic mass is 9.73. The van der Waals surface area contributed by atoms with Gasteiger partial charge in [-0.05, 0) is 49.7 Å². The van der Waals surface area contributed by atoms with Crippen molar-refractivity contribution in [1.29, 1.82) is 0 Å². The van der Waals surface area contributed by atoms with E-state index in [1.807, 2.05) is 25.1 Å². The van der Waals surface area contributed by atoms with Crippen LogP contribution in [0.2, 0.25) is 0 Å². The summed E-state index contributed by atoms with van der Waals surface area (Å²) in [6.07, 6.45) is 3.30. The van der Waals surface area contributed by atoms with Gasteiger partial charge in [-0.2, -0.15) is 0 Å². The molecule has 18 heavy (non-hydrogen) atoms. The van der Waals surface area contributed by atoms with Gasteiger partial charge in [0.25, 0.3) is 0 Å². The van der Waals surface area contributed by atoms with E-state index in [-0.39, 0.29) is 5.92 Å². The molecule has 1 fully saturated rings. The van der Waals surface area contributed by atoms with Crippen LogP contribution in [0.5, 0.6) is 0 Å². The summed E-state index contributed by atoms with van der Waals surface area (Å²) in [7, 11) is 0. The number of nitrogens with two attached hydrogens (primary N) is 1. The van der Waals surface area contributed by atoms with Gasteiger partial charge < -0.3 is 5.73 Å². The number of anilines is 1. The maximum absolute atomic E-state index is 12.6. The standard InChI is InChI=1S/C16H23NO/c1-10-7-11(2)9-13(8-10)16(18)14-5-4-6-15(17)12(14)3/h4-6,10-11,13H,7-9,17H2,1-3H3. The first-order valence-electron chi connectivity index (χ1n) is 6.88. The van der Waals surface area contributed by atoms with Gasteiger partial charge in [-0.1, -0.05) is 26.0 Å². The first-order chi connectivity index (χ1) is 8.49. The maximum atomic E-state index is 12.6. The molecule has 2 unspecified atom stereocenters. The normalized spacial score (nSPS) is 28.1. The SMILES string of the molecule is Cc1c(N)cccc1C(=O)C1CC(C)CC(C)C1. The zero-order valence-electron chi connectivity index (χ0n) is 11.6. The second-order valence-electron chi connectivity index (χ2n) is 6.00. The number of rotatable bonds is 2. The summed E-state index contributed by atoms with van der Waals surface area (Å²) in [6, 6.07) is 5.65. The highest BCUT2D eigenvalue weighted by atomic mass is 16.1. The minimum atomic E-state index is 0.184. The largest absolute Gasteiger partial charge is 0.398 e. The van der Waals surface area contributed by atoms with Crippen molar-refractivity contribution in [2.75, 3.05) is 5.73 Å². The van der Waals surface area contributed by atoms with Crippen LogP contribution in [-0.4, -0.2) is 5.78 Å². The summed E-state index contributed by atoms with van der Waals surface area (Å²) in [5, 5.41) is 0. The number of Topliss-reactive ketones (excluding diaryl/α,β-unsaturated/α-hetero) is 1. The summed E-state index contributed by atoms with van der Waals surface area (Å²) in [4.78, 5) is 12.6. The number of carbonyl (C=O) groups excluding carboxylic acids is 1. The Morgan fingerprint density at radius 3 is 2.39 bits per heavy atom. The molecule has 1 saturated carbocycles. The Bertz CT molecular complexity index is 442. The van der Waals surface area contributed by atoms with Crippen molar-refractivity contribution in [2.45, 2.75) is 40.0 Å².